The summed E-state index contributed by atoms with van der Waals surface area (Å²) in [6, 6.07) is 2.91. The van der Waals surface area contributed by atoms with Crippen molar-refractivity contribution in [2.75, 3.05) is 13.7 Å². The Balaban J connectivity index is 2.00. The third kappa shape index (κ3) is 3.80. The monoisotopic (exact) mass is 265 g/mol. The van der Waals surface area contributed by atoms with Crippen LogP contribution in [0.15, 0.2) is 12.3 Å². The first kappa shape index (κ1) is 14.5. The lowest BCUT2D eigenvalue weighted by Crippen LogP contribution is -2.42. The molecule has 4 nitrogen and oxygen atoms in total. The number of hydrogen-bond acceptors (Lipinski definition) is 3. The van der Waals surface area contributed by atoms with Crippen molar-refractivity contribution in [3.63, 3.8) is 0 Å². The minimum absolute atomic E-state index is 0.333. The fourth-order valence-corrected chi connectivity index (χ4v) is 2.58. The first-order chi connectivity index (χ1) is 9.15. The molecule has 108 valence electrons. The molecule has 1 N–H and O–H groups in total. The maximum absolute atomic E-state index is 5.95. The minimum Gasteiger partial charge on any atom is -0.377 e. The molecule has 1 aliphatic carbocycles. The van der Waals surface area contributed by atoms with Crippen LogP contribution in [0.3, 0.4) is 0 Å². The molecule has 4 heteroatoms. The van der Waals surface area contributed by atoms with Crippen LogP contribution in [0, 0.1) is 5.92 Å². The maximum Gasteiger partial charge on any atom is 0.0759 e. The summed E-state index contributed by atoms with van der Waals surface area (Å²) in [7, 11) is 2.03. The molecule has 1 aromatic heterocycles. The first-order valence-corrected chi connectivity index (χ1v) is 7.48. The molecule has 19 heavy (non-hydrogen) atoms. The number of likely N-dealkylation sites (N-methyl/N-ethyl adjacent to an activating group) is 1. The zero-order valence-electron chi connectivity index (χ0n) is 12.6. The fraction of sp³-hybridized carbons (Fsp3) is 0.800. The van der Waals surface area contributed by atoms with Gasteiger partial charge < -0.3 is 10.1 Å². The van der Waals surface area contributed by atoms with Gasteiger partial charge in [0.1, 0.15) is 0 Å². The van der Waals surface area contributed by atoms with Crippen molar-refractivity contribution in [3.05, 3.63) is 18.0 Å². The van der Waals surface area contributed by atoms with Gasteiger partial charge in [-0.2, -0.15) is 5.10 Å². The number of nitrogens with zero attached hydrogens (tertiary/aromatic N) is 2. The zero-order valence-corrected chi connectivity index (χ0v) is 12.6. The van der Waals surface area contributed by atoms with Crippen LogP contribution in [0.1, 0.15) is 45.3 Å². The van der Waals surface area contributed by atoms with Crippen LogP contribution in [-0.2, 0) is 11.2 Å². The molecule has 2 atom stereocenters. The van der Waals surface area contributed by atoms with E-state index in [1.165, 1.54) is 12.8 Å². The van der Waals surface area contributed by atoms with Gasteiger partial charge in [0.25, 0.3) is 0 Å². The highest BCUT2D eigenvalue weighted by molar-refractivity contribution is 5.04. The van der Waals surface area contributed by atoms with Crippen LogP contribution in [0.5, 0.6) is 0 Å². The lowest BCUT2D eigenvalue weighted by atomic mass is 10.0. The van der Waals surface area contributed by atoms with Crippen molar-refractivity contribution in [3.8, 4) is 0 Å². The predicted molar refractivity (Wildman–Crippen MR) is 77.3 cm³/mol. The number of rotatable bonds is 8. The van der Waals surface area contributed by atoms with Crippen LogP contribution in [0.4, 0.5) is 0 Å². The number of aromatic nitrogens is 2. The van der Waals surface area contributed by atoms with Gasteiger partial charge in [-0.3, -0.25) is 4.68 Å². The van der Waals surface area contributed by atoms with E-state index in [0.29, 0.717) is 18.2 Å². The smallest absolute Gasteiger partial charge is 0.0759 e. The lowest BCUT2D eigenvalue weighted by molar-refractivity contribution is 0.0208. The van der Waals surface area contributed by atoms with Gasteiger partial charge in [0, 0.05) is 31.3 Å². The van der Waals surface area contributed by atoms with E-state index in [2.05, 4.69) is 43.4 Å². The minimum atomic E-state index is 0.333. The Morgan fingerprint density at radius 3 is 2.68 bits per heavy atom. The summed E-state index contributed by atoms with van der Waals surface area (Å²) in [6.45, 7) is 7.18. The third-order valence-electron chi connectivity index (χ3n) is 3.83. The highest BCUT2D eigenvalue weighted by Gasteiger charge is 2.36. The first-order valence-electron chi connectivity index (χ1n) is 7.48. The standard InChI is InChI=1S/C15H27N3O/c1-5-19-15(12-6-7-12)14(16-4)10-13-8-9-18(17-13)11(2)3/h8-9,11-12,14-16H,5-7,10H2,1-4H3. The van der Waals surface area contributed by atoms with Gasteiger partial charge in [0.05, 0.1) is 11.8 Å². The molecule has 0 bridgehead atoms. The normalized spacial score (nSPS) is 18.8. The summed E-state index contributed by atoms with van der Waals surface area (Å²) in [6.07, 6.45) is 5.96. The molecule has 1 aliphatic rings. The average Bonchev–Trinajstić information content (AvgIpc) is 3.12. The van der Waals surface area contributed by atoms with E-state index in [-0.39, 0.29) is 0 Å². The summed E-state index contributed by atoms with van der Waals surface area (Å²) in [5.74, 6) is 0.740. The zero-order chi connectivity index (χ0) is 13.8. The second-order valence-corrected chi connectivity index (χ2v) is 5.74. The summed E-state index contributed by atoms with van der Waals surface area (Å²) >= 11 is 0. The van der Waals surface area contributed by atoms with Crippen LogP contribution in [-0.4, -0.2) is 35.6 Å². The molecule has 0 radical (unpaired) electrons. The van der Waals surface area contributed by atoms with Crippen molar-refractivity contribution in [2.24, 2.45) is 5.92 Å². The molecule has 1 heterocycles. The van der Waals surface area contributed by atoms with E-state index in [4.69, 9.17) is 4.74 Å². The molecule has 1 fully saturated rings. The van der Waals surface area contributed by atoms with Crippen molar-refractivity contribution < 1.29 is 4.74 Å². The van der Waals surface area contributed by atoms with Gasteiger partial charge in [0.15, 0.2) is 0 Å². The Bertz CT molecular complexity index is 384. The summed E-state index contributed by atoms with van der Waals surface area (Å²) < 4.78 is 7.97. The predicted octanol–water partition coefficient (Wildman–Crippen LogP) is 2.41. The van der Waals surface area contributed by atoms with Gasteiger partial charge in [-0.25, -0.2) is 0 Å². The lowest BCUT2D eigenvalue weighted by Gasteiger charge is -2.26. The molecule has 0 amide bonds. The van der Waals surface area contributed by atoms with Crippen molar-refractivity contribution in [1.82, 2.24) is 15.1 Å². The third-order valence-corrected chi connectivity index (χ3v) is 3.83. The topological polar surface area (TPSA) is 39.1 Å². The van der Waals surface area contributed by atoms with Crippen molar-refractivity contribution in [2.45, 2.75) is 58.2 Å². The van der Waals surface area contributed by atoms with Crippen molar-refractivity contribution in [1.29, 1.82) is 0 Å². The largest absolute Gasteiger partial charge is 0.377 e. The van der Waals surface area contributed by atoms with E-state index < -0.39 is 0 Å². The second-order valence-electron chi connectivity index (χ2n) is 5.74. The molecular formula is C15H27N3O. The molecule has 0 aromatic carbocycles. The Hall–Kier alpha value is -0.870. The Kier molecular flexibility index (Phi) is 4.99. The second kappa shape index (κ2) is 6.53. The van der Waals surface area contributed by atoms with E-state index in [1.807, 2.05) is 11.7 Å². The molecule has 0 aliphatic heterocycles. The van der Waals surface area contributed by atoms with Crippen molar-refractivity contribution >= 4 is 0 Å². The summed E-state index contributed by atoms with van der Waals surface area (Å²) in [4.78, 5) is 0. The Morgan fingerprint density at radius 1 is 1.47 bits per heavy atom. The number of hydrogen-bond donors (Lipinski definition) is 1. The Morgan fingerprint density at radius 2 is 2.21 bits per heavy atom. The van der Waals surface area contributed by atoms with Gasteiger partial charge in [-0.1, -0.05) is 0 Å². The molecule has 2 unspecified atom stereocenters. The van der Waals surface area contributed by atoms with E-state index in [9.17, 15) is 0 Å². The Labute approximate surface area is 116 Å². The molecule has 0 saturated heterocycles. The van der Waals surface area contributed by atoms with Gasteiger partial charge in [-0.15, -0.1) is 0 Å². The molecule has 2 rings (SSSR count). The van der Waals surface area contributed by atoms with Crippen LogP contribution < -0.4 is 5.32 Å². The average molecular weight is 265 g/mol. The summed E-state index contributed by atoms with van der Waals surface area (Å²) in [5, 5.41) is 8.06. The van der Waals surface area contributed by atoms with E-state index >= 15 is 0 Å². The quantitative estimate of drug-likeness (QED) is 0.784. The van der Waals surface area contributed by atoms with Crippen LogP contribution >= 0.6 is 0 Å². The summed E-state index contributed by atoms with van der Waals surface area (Å²) in [5.41, 5.74) is 1.15. The number of nitrogens with one attached hydrogen (secondary N) is 1. The highest BCUT2D eigenvalue weighted by atomic mass is 16.5. The highest BCUT2D eigenvalue weighted by Crippen LogP contribution is 2.36. The molecule has 1 saturated carbocycles. The molecular weight excluding hydrogens is 238 g/mol. The maximum atomic E-state index is 5.95. The molecule has 1 aromatic rings. The van der Waals surface area contributed by atoms with Gasteiger partial charge >= 0.3 is 0 Å². The SMILES string of the molecule is CCOC(C1CC1)C(Cc1ccn(C(C)C)n1)NC. The van der Waals surface area contributed by atoms with E-state index in [0.717, 1.165) is 24.6 Å². The van der Waals surface area contributed by atoms with E-state index in [1.54, 1.807) is 0 Å². The van der Waals surface area contributed by atoms with Crippen LogP contribution in [0.2, 0.25) is 0 Å². The van der Waals surface area contributed by atoms with Gasteiger partial charge in [0.2, 0.25) is 0 Å². The molecule has 0 spiro atoms. The van der Waals surface area contributed by atoms with Gasteiger partial charge in [-0.05, 0) is 52.6 Å². The number of ether oxygens (including phenoxy) is 1. The van der Waals surface area contributed by atoms with Crippen LogP contribution in [0.25, 0.3) is 0 Å². The fourth-order valence-electron chi connectivity index (χ4n) is 2.58.